The highest BCUT2D eigenvalue weighted by Crippen LogP contribution is 2.25. The highest BCUT2D eigenvalue weighted by Gasteiger charge is 2.17. The number of carbonyl (C=O) groups is 2. The predicted molar refractivity (Wildman–Crippen MR) is 85.2 cm³/mol. The monoisotopic (exact) mass is 314 g/mol. The molecule has 1 aromatic carbocycles. The number of rotatable bonds is 5. The van der Waals surface area contributed by atoms with Crippen LogP contribution >= 0.6 is 0 Å². The Labute approximate surface area is 133 Å². The number of nitrogens with one attached hydrogen (secondary N) is 3. The second-order valence-corrected chi connectivity index (χ2v) is 5.26. The highest BCUT2D eigenvalue weighted by molar-refractivity contribution is 6.00. The lowest BCUT2D eigenvalue weighted by Gasteiger charge is -2.09. The van der Waals surface area contributed by atoms with Gasteiger partial charge in [-0.25, -0.2) is 4.79 Å². The molecule has 8 nitrogen and oxygen atoms in total. The minimum absolute atomic E-state index is 0.0263. The zero-order chi connectivity index (χ0) is 16.2. The predicted octanol–water partition coefficient (Wildman–Crippen LogP) is 1.16. The van der Waals surface area contributed by atoms with Gasteiger partial charge in [-0.3, -0.25) is 4.79 Å². The number of fused-ring (bicyclic) bond motifs is 1. The molecule has 8 heteroatoms. The number of anilines is 2. The number of aryl methyl sites for hydroxylation is 1. The maximum atomic E-state index is 11.9. The average molecular weight is 314 g/mol. The maximum Gasteiger partial charge on any atom is 0.319 e. The Morgan fingerprint density at radius 3 is 3.13 bits per heavy atom. The van der Waals surface area contributed by atoms with Gasteiger partial charge in [-0.1, -0.05) is 0 Å². The lowest BCUT2D eigenvalue weighted by molar-refractivity contribution is -0.115. The van der Waals surface area contributed by atoms with Gasteiger partial charge in [0, 0.05) is 30.9 Å². The SMILES string of the molecule is CCn1cnnc1CCNC(=O)Nc1ccc2c(c1)CC(=O)N2. The quantitative estimate of drug-likeness (QED) is 0.770. The van der Waals surface area contributed by atoms with Gasteiger partial charge in [0.05, 0.1) is 6.42 Å². The van der Waals surface area contributed by atoms with Crippen LogP contribution in [0.5, 0.6) is 0 Å². The van der Waals surface area contributed by atoms with Crippen LogP contribution in [0, 0.1) is 0 Å². The summed E-state index contributed by atoms with van der Waals surface area (Å²) in [4.78, 5) is 23.2. The van der Waals surface area contributed by atoms with Gasteiger partial charge in [0.1, 0.15) is 12.2 Å². The number of urea groups is 1. The molecular weight excluding hydrogens is 296 g/mol. The molecule has 0 atom stereocenters. The van der Waals surface area contributed by atoms with E-state index >= 15 is 0 Å². The Balaban J connectivity index is 1.50. The standard InChI is InChI=1S/C15H18N6O2/c1-2-21-9-17-20-13(21)5-6-16-15(23)18-11-3-4-12-10(7-11)8-14(22)19-12/h3-4,7,9H,2,5-6,8H2,1H3,(H,19,22)(H2,16,18,23). The minimum Gasteiger partial charge on any atom is -0.337 e. The van der Waals surface area contributed by atoms with E-state index in [1.807, 2.05) is 11.5 Å². The van der Waals surface area contributed by atoms with Gasteiger partial charge in [-0.2, -0.15) is 0 Å². The van der Waals surface area contributed by atoms with Crippen LogP contribution in [0.25, 0.3) is 0 Å². The van der Waals surface area contributed by atoms with Crippen LogP contribution in [0.3, 0.4) is 0 Å². The van der Waals surface area contributed by atoms with Crippen molar-refractivity contribution in [3.8, 4) is 0 Å². The smallest absolute Gasteiger partial charge is 0.319 e. The third-order valence-electron chi connectivity index (χ3n) is 3.66. The summed E-state index contributed by atoms with van der Waals surface area (Å²) < 4.78 is 1.93. The highest BCUT2D eigenvalue weighted by atomic mass is 16.2. The van der Waals surface area contributed by atoms with Gasteiger partial charge in [-0.15, -0.1) is 10.2 Å². The van der Waals surface area contributed by atoms with Crippen LogP contribution < -0.4 is 16.0 Å². The molecule has 0 spiro atoms. The molecule has 2 heterocycles. The van der Waals surface area contributed by atoms with Crippen molar-refractivity contribution in [1.29, 1.82) is 0 Å². The van der Waals surface area contributed by atoms with Crippen molar-refractivity contribution in [3.05, 3.63) is 35.9 Å². The molecule has 0 bridgehead atoms. The molecule has 0 aliphatic carbocycles. The van der Waals surface area contributed by atoms with E-state index in [1.165, 1.54) is 0 Å². The molecule has 0 unspecified atom stereocenters. The number of benzene rings is 1. The third-order valence-corrected chi connectivity index (χ3v) is 3.66. The maximum absolute atomic E-state index is 11.9. The Morgan fingerprint density at radius 2 is 2.30 bits per heavy atom. The van der Waals surface area contributed by atoms with Crippen LogP contribution in [-0.4, -0.2) is 33.2 Å². The van der Waals surface area contributed by atoms with Gasteiger partial charge in [0.15, 0.2) is 0 Å². The van der Waals surface area contributed by atoms with Crippen molar-refractivity contribution in [2.45, 2.75) is 26.3 Å². The van der Waals surface area contributed by atoms with Gasteiger partial charge < -0.3 is 20.5 Å². The molecular formula is C15H18N6O2. The number of amides is 3. The second kappa shape index (κ2) is 6.47. The van der Waals surface area contributed by atoms with Crippen LogP contribution in [0.1, 0.15) is 18.3 Å². The molecule has 1 aliphatic heterocycles. The van der Waals surface area contributed by atoms with E-state index in [0.29, 0.717) is 25.1 Å². The van der Waals surface area contributed by atoms with E-state index in [1.54, 1.807) is 24.5 Å². The topological polar surface area (TPSA) is 101 Å². The van der Waals surface area contributed by atoms with E-state index in [4.69, 9.17) is 0 Å². The lowest BCUT2D eigenvalue weighted by Crippen LogP contribution is -2.31. The summed E-state index contributed by atoms with van der Waals surface area (Å²) in [6.45, 7) is 3.28. The van der Waals surface area contributed by atoms with E-state index in [9.17, 15) is 9.59 Å². The summed E-state index contributed by atoms with van der Waals surface area (Å²) in [5.74, 6) is 0.816. The fraction of sp³-hybridized carbons (Fsp3) is 0.333. The van der Waals surface area contributed by atoms with Gasteiger partial charge in [-0.05, 0) is 30.7 Å². The summed E-state index contributed by atoms with van der Waals surface area (Å²) in [5, 5.41) is 16.2. The molecule has 120 valence electrons. The number of hydrogen-bond acceptors (Lipinski definition) is 4. The van der Waals surface area contributed by atoms with Crippen molar-refractivity contribution in [2.24, 2.45) is 0 Å². The summed E-state index contributed by atoms with van der Waals surface area (Å²) in [6.07, 6.45) is 2.64. The van der Waals surface area contributed by atoms with Crippen molar-refractivity contribution in [2.75, 3.05) is 17.2 Å². The lowest BCUT2D eigenvalue weighted by atomic mass is 10.1. The molecule has 0 radical (unpaired) electrons. The van der Waals surface area contributed by atoms with E-state index in [-0.39, 0.29) is 11.9 Å². The Bertz CT molecular complexity index is 739. The molecule has 3 rings (SSSR count). The Hall–Kier alpha value is -2.90. The minimum atomic E-state index is -0.287. The molecule has 3 N–H and O–H groups in total. The first kappa shape index (κ1) is 15.0. The normalized spacial score (nSPS) is 12.7. The molecule has 2 aromatic rings. The second-order valence-electron chi connectivity index (χ2n) is 5.26. The number of nitrogens with zero attached hydrogens (tertiary/aromatic N) is 3. The first-order valence-corrected chi connectivity index (χ1v) is 7.50. The molecule has 0 saturated heterocycles. The molecule has 0 fully saturated rings. The zero-order valence-corrected chi connectivity index (χ0v) is 12.8. The summed E-state index contributed by atoms with van der Waals surface area (Å²) in [7, 11) is 0. The summed E-state index contributed by atoms with van der Waals surface area (Å²) in [5.41, 5.74) is 2.36. The van der Waals surface area contributed by atoms with Crippen LogP contribution in [0.4, 0.5) is 16.2 Å². The average Bonchev–Trinajstić information content (AvgIpc) is 3.11. The summed E-state index contributed by atoms with van der Waals surface area (Å²) >= 11 is 0. The molecule has 1 aromatic heterocycles. The summed E-state index contributed by atoms with van der Waals surface area (Å²) in [6, 6.07) is 5.07. The van der Waals surface area contributed by atoms with Gasteiger partial charge in [0.2, 0.25) is 5.91 Å². The molecule has 1 aliphatic rings. The molecule has 3 amide bonds. The first-order valence-electron chi connectivity index (χ1n) is 7.50. The Kier molecular flexibility index (Phi) is 4.22. The fourth-order valence-electron chi connectivity index (χ4n) is 2.51. The van der Waals surface area contributed by atoms with E-state index < -0.39 is 0 Å². The number of carbonyl (C=O) groups excluding carboxylic acids is 2. The van der Waals surface area contributed by atoms with Crippen molar-refractivity contribution >= 4 is 23.3 Å². The van der Waals surface area contributed by atoms with Crippen LogP contribution in [-0.2, 0) is 24.2 Å². The van der Waals surface area contributed by atoms with Crippen molar-refractivity contribution in [1.82, 2.24) is 20.1 Å². The van der Waals surface area contributed by atoms with Crippen LogP contribution in [0.2, 0.25) is 0 Å². The van der Waals surface area contributed by atoms with Crippen molar-refractivity contribution < 1.29 is 9.59 Å². The van der Waals surface area contributed by atoms with Gasteiger partial charge >= 0.3 is 6.03 Å². The first-order chi connectivity index (χ1) is 11.2. The largest absolute Gasteiger partial charge is 0.337 e. The van der Waals surface area contributed by atoms with Gasteiger partial charge in [0.25, 0.3) is 0 Å². The number of aromatic nitrogens is 3. The third kappa shape index (κ3) is 3.47. The number of hydrogen-bond donors (Lipinski definition) is 3. The van der Waals surface area contributed by atoms with Crippen LogP contribution in [0.15, 0.2) is 24.5 Å². The van der Waals surface area contributed by atoms with E-state index in [2.05, 4.69) is 26.1 Å². The van der Waals surface area contributed by atoms with E-state index in [0.717, 1.165) is 23.6 Å². The fourth-order valence-corrected chi connectivity index (χ4v) is 2.51. The van der Waals surface area contributed by atoms with Crippen molar-refractivity contribution in [3.63, 3.8) is 0 Å². The Morgan fingerprint density at radius 1 is 1.43 bits per heavy atom. The molecule has 0 saturated carbocycles. The zero-order valence-electron chi connectivity index (χ0n) is 12.8. The molecule has 23 heavy (non-hydrogen) atoms.